The zero-order valence-corrected chi connectivity index (χ0v) is 8.69. The van der Waals surface area contributed by atoms with Gasteiger partial charge in [0.25, 0.3) is 0 Å². The molecule has 3 atom stereocenters. The van der Waals surface area contributed by atoms with E-state index in [1.54, 1.807) is 0 Å². The normalized spacial score (nSPS) is 32.9. The van der Waals surface area contributed by atoms with E-state index in [4.69, 9.17) is 5.73 Å². The van der Waals surface area contributed by atoms with E-state index in [-0.39, 0.29) is 0 Å². The lowest BCUT2D eigenvalue weighted by atomic mass is 9.76. The van der Waals surface area contributed by atoms with Crippen molar-refractivity contribution >= 4 is 0 Å². The molecule has 1 aliphatic carbocycles. The van der Waals surface area contributed by atoms with Crippen molar-refractivity contribution < 1.29 is 0 Å². The molecule has 0 bridgehead atoms. The molecule has 0 spiro atoms. The Morgan fingerprint density at radius 1 is 1.43 bits per heavy atom. The highest BCUT2D eigenvalue weighted by Crippen LogP contribution is 2.34. The Hall–Kier alpha value is -0.890. The molecule has 1 aromatic rings. The third-order valence-corrected chi connectivity index (χ3v) is 3.28. The summed E-state index contributed by atoms with van der Waals surface area (Å²) in [6, 6.07) is 4.48. The van der Waals surface area contributed by atoms with Crippen LogP contribution < -0.4 is 5.73 Å². The minimum Gasteiger partial charge on any atom is -0.327 e. The Balaban J connectivity index is 2.16. The second kappa shape index (κ2) is 4.09. The van der Waals surface area contributed by atoms with Gasteiger partial charge in [-0.3, -0.25) is 4.98 Å². The van der Waals surface area contributed by atoms with Crippen LogP contribution in [0.25, 0.3) is 0 Å². The monoisotopic (exact) mass is 190 g/mol. The number of hydrogen-bond acceptors (Lipinski definition) is 2. The summed E-state index contributed by atoms with van der Waals surface area (Å²) in [5.41, 5.74) is 7.46. The minimum atomic E-state index is 0.329. The lowest BCUT2D eigenvalue weighted by Crippen LogP contribution is -2.33. The molecule has 2 heteroatoms. The summed E-state index contributed by atoms with van der Waals surface area (Å²) in [7, 11) is 0. The number of hydrogen-bond donors (Lipinski definition) is 1. The van der Waals surface area contributed by atoms with Crippen LogP contribution in [0.5, 0.6) is 0 Å². The molecule has 1 saturated carbocycles. The number of rotatable bonds is 1. The molecule has 2 rings (SSSR count). The van der Waals surface area contributed by atoms with E-state index < -0.39 is 0 Å². The highest BCUT2D eigenvalue weighted by molar-refractivity contribution is 5.17. The fraction of sp³-hybridized carbons (Fsp3) is 0.583. The molecule has 1 fully saturated rings. The minimum absolute atomic E-state index is 0.329. The zero-order valence-electron chi connectivity index (χ0n) is 8.69. The van der Waals surface area contributed by atoms with Gasteiger partial charge in [0.2, 0.25) is 0 Å². The Bertz CT molecular complexity index is 284. The van der Waals surface area contributed by atoms with Gasteiger partial charge in [-0.05, 0) is 36.8 Å². The molecule has 2 N–H and O–H groups in total. The Morgan fingerprint density at radius 2 is 2.29 bits per heavy atom. The van der Waals surface area contributed by atoms with Crippen LogP contribution >= 0.6 is 0 Å². The van der Waals surface area contributed by atoms with Crippen molar-refractivity contribution in [3.63, 3.8) is 0 Å². The average Bonchev–Trinajstić information content (AvgIpc) is 2.23. The fourth-order valence-corrected chi connectivity index (χ4v) is 2.38. The van der Waals surface area contributed by atoms with Crippen molar-refractivity contribution in [2.45, 2.75) is 38.1 Å². The van der Waals surface area contributed by atoms with Crippen LogP contribution in [0.2, 0.25) is 0 Å². The van der Waals surface area contributed by atoms with Gasteiger partial charge >= 0.3 is 0 Å². The van der Waals surface area contributed by atoms with Crippen molar-refractivity contribution in [2.24, 2.45) is 11.7 Å². The maximum Gasteiger partial charge on any atom is 0.0303 e. The topological polar surface area (TPSA) is 38.9 Å². The van der Waals surface area contributed by atoms with Crippen molar-refractivity contribution in [3.05, 3.63) is 30.1 Å². The molecule has 0 radical (unpaired) electrons. The van der Waals surface area contributed by atoms with E-state index in [0.717, 1.165) is 12.3 Å². The van der Waals surface area contributed by atoms with Crippen molar-refractivity contribution in [1.82, 2.24) is 4.98 Å². The van der Waals surface area contributed by atoms with Gasteiger partial charge in [-0.25, -0.2) is 0 Å². The molecular formula is C12H18N2. The zero-order chi connectivity index (χ0) is 9.97. The third-order valence-electron chi connectivity index (χ3n) is 3.28. The summed E-state index contributed by atoms with van der Waals surface area (Å²) in [5, 5.41) is 0. The summed E-state index contributed by atoms with van der Waals surface area (Å²) >= 11 is 0. The third kappa shape index (κ3) is 1.95. The smallest absolute Gasteiger partial charge is 0.0303 e. The molecular weight excluding hydrogens is 172 g/mol. The van der Waals surface area contributed by atoms with Crippen LogP contribution in [0.4, 0.5) is 0 Å². The second-order valence-electron chi connectivity index (χ2n) is 4.47. The van der Waals surface area contributed by atoms with Gasteiger partial charge in [0.15, 0.2) is 0 Å². The number of aromatic nitrogens is 1. The number of pyridine rings is 1. The molecule has 1 aliphatic rings. The van der Waals surface area contributed by atoms with E-state index in [1.165, 1.54) is 18.4 Å². The molecule has 14 heavy (non-hydrogen) atoms. The molecule has 0 aromatic carbocycles. The van der Waals surface area contributed by atoms with Crippen molar-refractivity contribution in [3.8, 4) is 0 Å². The molecule has 3 unspecified atom stereocenters. The first kappa shape index (κ1) is 9.66. The largest absolute Gasteiger partial charge is 0.327 e. The maximum atomic E-state index is 6.15. The number of nitrogens with zero attached hydrogens (tertiary/aromatic N) is 1. The van der Waals surface area contributed by atoms with Crippen molar-refractivity contribution in [1.29, 1.82) is 0 Å². The van der Waals surface area contributed by atoms with E-state index in [9.17, 15) is 0 Å². The van der Waals surface area contributed by atoms with Gasteiger partial charge in [0.05, 0.1) is 0 Å². The summed E-state index contributed by atoms with van der Waals surface area (Å²) < 4.78 is 0. The van der Waals surface area contributed by atoms with Crippen LogP contribution in [0.15, 0.2) is 24.5 Å². The van der Waals surface area contributed by atoms with E-state index in [0.29, 0.717) is 12.0 Å². The van der Waals surface area contributed by atoms with Gasteiger partial charge in [-0.1, -0.05) is 13.0 Å². The second-order valence-corrected chi connectivity index (χ2v) is 4.47. The number of nitrogens with two attached hydrogens (primary N) is 1. The van der Waals surface area contributed by atoms with Gasteiger partial charge in [-0.15, -0.1) is 0 Å². The summed E-state index contributed by atoms with van der Waals surface area (Å²) in [5.74, 6) is 1.33. The lowest BCUT2D eigenvalue weighted by Gasteiger charge is -2.32. The van der Waals surface area contributed by atoms with E-state index >= 15 is 0 Å². The van der Waals surface area contributed by atoms with Crippen LogP contribution in [0.1, 0.15) is 37.7 Å². The molecule has 1 aromatic heterocycles. The van der Waals surface area contributed by atoms with Crippen LogP contribution in [-0.4, -0.2) is 11.0 Å². The molecule has 0 saturated heterocycles. The fourth-order valence-electron chi connectivity index (χ4n) is 2.38. The van der Waals surface area contributed by atoms with Crippen LogP contribution in [0.3, 0.4) is 0 Å². The Kier molecular flexibility index (Phi) is 2.82. The standard InChI is InChI=1S/C12H18N2/c1-9-4-5-12(13)11(7-9)10-3-2-6-14-8-10/h2-3,6,8-9,11-12H,4-5,7,13H2,1H3. The van der Waals surface area contributed by atoms with Gasteiger partial charge in [0, 0.05) is 24.4 Å². The molecule has 1 heterocycles. The Morgan fingerprint density at radius 3 is 3.00 bits per heavy atom. The first-order valence-electron chi connectivity index (χ1n) is 5.43. The van der Waals surface area contributed by atoms with Gasteiger partial charge in [0.1, 0.15) is 0 Å². The van der Waals surface area contributed by atoms with E-state index in [1.807, 2.05) is 18.5 Å². The highest BCUT2D eigenvalue weighted by atomic mass is 14.7. The van der Waals surface area contributed by atoms with Gasteiger partial charge < -0.3 is 5.73 Å². The lowest BCUT2D eigenvalue weighted by molar-refractivity contribution is 0.306. The van der Waals surface area contributed by atoms with Gasteiger partial charge in [-0.2, -0.15) is 0 Å². The van der Waals surface area contributed by atoms with Crippen LogP contribution in [0, 0.1) is 5.92 Å². The first-order valence-corrected chi connectivity index (χ1v) is 5.43. The SMILES string of the molecule is CC1CCC(N)C(c2cccnc2)C1. The molecule has 0 amide bonds. The maximum absolute atomic E-state index is 6.15. The summed E-state index contributed by atoms with van der Waals surface area (Å²) in [6.07, 6.45) is 7.43. The average molecular weight is 190 g/mol. The molecule has 76 valence electrons. The Labute approximate surface area is 85.5 Å². The predicted octanol–water partition coefficient (Wildman–Crippen LogP) is 2.31. The molecule has 2 nitrogen and oxygen atoms in total. The predicted molar refractivity (Wildman–Crippen MR) is 58.0 cm³/mol. The van der Waals surface area contributed by atoms with Crippen molar-refractivity contribution in [2.75, 3.05) is 0 Å². The summed E-state index contributed by atoms with van der Waals surface area (Å²) in [6.45, 7) is 2.31. The quantitative estimate of drug-likeness (QED) is 0.738. The molecule has 0 aliphatic heterocycles. The van der Waals surface area contributed by atoms with E-state index in [2.05, 4.69) is 18.0 Å². The summed E-state index contributed by atoms with van der Waals surface area (Å²) in [4.78, 5) is 4.16. The van der Waals surface area contributed by atoms with Crippen LogP contribution in [-0.2, 0) is 0 Å². The highest BCUT2D eigenvalue weighted by Gasteiger charge is 2.26. The first-order chi connectivity index (χ1) is 6.77.